The summed E-state index contributed by atoms with van der Waals surface area (Å²) in [5.41, 5.74) is 17.8. The topological polar surface area (TPSA) is 35.6 Å². The summed E-state index contributed by atoms with van der Waals surface area (Å²) in [6.07, 6.45) is 0. The summed E-state index contributed by atoms with van der Waals surface area (Å²) in [6.45, 7) is 4.66. The Labute approximate surface area is 375 Å². The zero-order valence-electron chi connectivity index (χ0n) is 35.9. The van der Waals surface area contributed by atoms with Crippen LogP contribution in [0.2, 0.25) is 0 Å². The first-order valence-electron chi connectivity index (χ1n) is 22.5. The van der Waals surface area contributed by atoms with Gasteiger partial charge >= 0.3 is 0 Å². The maximum Gasteiger partial charge on any atom is 0.0973 e. The van der Waals surface area contributed by atoms with E-state index in [2.05, 4.69) is 217 Å². The molecule has 0 atom stereocenters. The van der Waals surface area contributed by atoms with Crippen molar-refractivity contribution < 1.29 is 0 Å². The SMILES string of the molecule is CC1(C)c2ccccc2-c2ccc(-c3nc4ccccc4nc3-c3ccc(-n4c5ccccc5c5cc6ccc(-n7c8ccccc8c8c9ccccc9ccc87)cc6cc54)cc3)cc21. The molecule has 0 aliphatic heterocycles. The van der Waals surface area contributed by atoms with Crippen molar-refractivity contribution in [3.05, 3.63) is 217 Å². The summed E-state index contributed by atoms with van der Waals surface area (Å²) in [4.78, 5) is 10.7. The van der Waals surface area contributed by atoms with Crippen LogP contribution in [0.15, 0.2) is 206 Å². The lowest BCUT2D eigenvalue weighted by Crippen LogP contribution is -2.15. The Bertz CT molecular complexity index is 4150. The van der Waals surface area contributed by atoms with Crippen LogP contribution in [0.25, 0.3) is 121 Å². The molecule has 3 heterocycles. The minimum absolute atomic E-state index is 0.121. The van der Waals surface area contributed by atoms with Crippen LogP contribution in [0, 0.1) is 0 Å². The summed E-state index contributed by atoms with van der Waals surface area (Å²) in [7, 11) is 0. The zero-order valence-corrected chi connectivity index (χ0v) is 35.9. The van der Waals surface area contributed by atoms with Crippen LogP contribution >= 0.6 is 0 Å². The average molecular weight is 829 g/mol. The molecule has 4 heteroatoms. The van der Waals surface area contributed by atoms with E-state index < -0.39 is 0 Å². The largest absolute Gasteiger partial charge is 0.309 e. The van der Waals surface area contributed by atoms with E-state index in [4.69, 9.17) is 9.97 Å². The lowest BCUT2D eigenvalue weighted by molar-refractivity contribution is 0.660. The van der Waals surface area contributed by atoms with Crippen LogP contribution in [-0.2, 0) is 5.41 Å². The van der Waals surface area contributed by atoms with Crippen LogP contribution in [-0.4, -0.2) is 19.1 Å². The van der Waals surface area contributed by atoms with Crippen LogP contribution in [0.1, 0.15) is 25.0 Å². The fourth-order valence-electron chi connectivity index (χ4n) is 11.2. The van der Waals surface area contributed by atoms with Gasteiger partial charge in [-0.15, -0.1) is 0 Å². The van der Waals surface area contributed by atoms with Crippen molar-refractivity contribution in [1.29, 1.82) is 0 Å². The molecule has 1 aliphatic rings. The summed E-state index contributed by atoms with van der Waals surface area (Å²) in [5.74, 6) is 0. The number of rotatable bonds is 4. The molecule has 10 aromatic carbocycles. The summed E-state index contributed by atoms with van der Waals surface area (Å²) < 4.78 is 4.85. The second-order valence-electron chi connectivity index (χ2n) is 18.2. The molecule has 304 valence electrons. The number of benzene rings is 10. The fourth-order valence-corrected chi connectivity index (χ4v) is 11.2. The molecular formula is C61H40N4. The second kappa shape index (κ2) is 13.3. The van der Waals surface area contributed by atoms with E-state index in [1.165, 1.54) is 87.4 Å². The first kappa shape index (κ1) is 36.2. The molecule has 4 nitrogen and oxygen atoms in total. The van der Waals surface area contributed by atoms with E-state index in [0.717, 1.165) is 44.9 Å². The van der Waals surface area contributed by atoms with Gasteiger partial charge in [0.1, 0.15) is 0 Å². The maximum atomic E-state index is 5.33. The predicted octanol–water partition coefficient (Wildman–Crippen LogP) is 15.8. The van der Waals surface area contributed by atoms with Gasteiger partial charge in [-0.1, -0.05) is 147 Å². The van der Waals surface area contributed by atoms with Crippen molar-refractivity contribution in [3.8, 4) is 45.0 Å². The van der Waals surface area contributed by atoms with Crippen LogP contribution in [0.5, 0.6) is 0 Å². The van der Waals surface area contributed by atoms with Crippen LogP contribution in [0.4, 0.5) is 0 Å². The van der Waals surface area contributed by atoms with E-state index in [1.807, 2.05) is 12.1 Å². The summed E-state index contributed by atoms with van der Waals surface area (Å²) in [5, 5.41) is 9.97. The Morgan fingerprint density at radius 2 is 0.954 bits per heavy atom. The van der Waals surface area contributed by atoms with Gasteiger partial charge in [-0.3, -0.25) is 0 Å². The van der Waals surface area contributed by atoms with Crippen molar-refractivity contribution in [2.75, 3.05) is 0 Å². The second-order valence-corrected chi connectivity index (χ2v) is 18.2. The lowest BCUT2D eigenvalue weighted by atomic mass is 9.81. The van der Waals surface area contributed by atoms with Crippen molar-refractivity contribution in [3.63, 3.8) is 0 Å². The molecule has 13 aromatic rings. The molecule has 0 bridgehead atoms. The number of fused-ring (bicyclic) bond motifs is 13. The van der Waals surface area contributed by atoms with E-state index in [9.17, 15) is 0 Å². The highest BCUT2D eigenvalue weighted by molar-refractivity contribution is 6.21. The van der Waals surface area contributed by atoms with Crippen molar-refractivity contribution in [1.82, 2.24) is 19.1 Å². The van der Waals surface area contributed by atoms with Gasteiger partial charge in [0, 0.05) is 49.5 Å². The van der Waals surface area contributed by atoms with E-state index in [1.54, 1.807) is 0 Å². The van der Waals surface area contributed by atoms with Crippen molar-refractivity contribution in [2.24, 2.45) is 0 Å². The Morgan fingerprint density at radius 3 is 1.77 bits per heavy atom. The zero-order chi connectivity index (χ0) is 43.0. The minimum Gasteiger partial charge on any atom is -0.309 e. The summed E-state index contributed by atoms with van der Waals surface area (Å²) in [6, 6.07) is 75.3. The number of para-hydroxylation sites is 4. The third-order valence-electron chi connectivity index (χ3n) is 14.3. The Hall–Kier alpha value is -8.34. The average Bonchev–Trinajstić information content (AvgIpc) is 3.95. The minimum atomic E-state index is -0.121. The molecule has 0 unspecified atom stereocenters. The first-order chi connectivity index (χ1) is 32.0. The van der Waals surface area contributed by atoms with E-state index in [0.29, 0.717) is 0 Å². The molecule has 0 amide bonds. The molecule has 14 rings (SSSR count). The van der Waals surface area contributed by atoms with Gasteiger partial charge in [0.2, 0.25) is 0 Å². The monoisotopic (exact) mass is 828 g/mol. The highest BCUT2D eigenvalue weighted by atomic mass is 15.0. The van der Waals surface area contributed by atoms with Crippen LogP contribution in [0.3, 0.4) is 0 Å². The van der Waals surface area contributed by atoms with E-state index in [-0.39, 0.29) is 5.41 Å². The van der Waals surface area contributed by atoms with Gasteiger partial charge in [-0.25, -0.2) is 9.97 Å². The van der Waals surface area contributed by atoms with Gasteiger partial charge < -0.3 is 9.13 Å². The van der Waals surface area contributed by atoms with Crippen molar-refractivity contribution >= 4 is 76.2 Å². The molecule has 0 radical (unpaired) electrons. The fraction of sp³-hybridized carbons (Fsp3) is 0.0492. The van der Waals surface area contributed by atoms with Gasteiger partial charge in [-0.05, 0) is 117 Å². The van der Waals surface area contributed by atoms with E-state index >= 15 is 0 Å². The molecule has 0 N–H and O–H groups in total. The molecule has 3 aromatic heterocycles. The molecule has 0 saturated carbocycles. The number of aromatic nitrogens is 4. The standard InChI is InChI=1S/C61H40N4/c1-61(2)50-18-8-5-15-45(50)46-31-26-40(35-51(46)61)60-59(62-52-19-9-10-20-53(52)63-60)38-23-28-42(29-24-38)64-54-21-11-6-16-47(54)49-34-39-25-30-43(33-41(39)36-57(49)64)65-55-22-12-7-17-48(55)58-44-14-4-3-13-37(44)27-32-56(58)65/h3-36H,1-2H3. The quantitative estimate of drug-likeness (QED) is 0.177. The number of hydrogen-bond acceptors (Lipinski definition) is 2. The molecule has 65 heavy (non-hydrogen) atoms. The van der Waals surface area contributed by atoms with Gasteiger partial charge in [0.05, 0.1) is 44.5 Å². The Kier molecular flexibility index (Phi) is 7.42. The summed E-state index contributed by atoms with van der Waals surface area (Å²) >= 11 is 0. The normalized spacial score (nSPS) is 13.2. The molecule has 1 aliphatic carbocycles. The van der Waals surface area contributed by atoms with Gasteiger partial charge in [0.15, 0.2) is 0 Å². The van der Waals surface area contributed by atoms with Gasteiger partial charge in [0.25, 0.3) is 0 Å². The Balaban J connectivity index is 0.919. The van der Waals surface area contributed by atoms with Crippen molar-refractivity contribution in [2.45, 2.75) is 19.3 Å². The Morgan fingerprint density at radius 1 is 0.354 bits per heavy atom. The smallest absolute Gasteiger partial charge is 0.0973 e. The third kappa shape index (κ3) is 5.19. The first-order valence-corrected chi connectivity index (χ1v) is 22.5. The molecular weight excluding hydrogens is 789 g/mol. The maximum absolute atomic E-state index is 5.33. The third-order valence-corrected chi connectivity index (χ3v) is 14.3. The molecule has 0 saturated heterocycles. The highest BCUT2D eigenvalue weighted by Crippen LogP contribution is 2.50. The number of hydrogen-bond donors (Lipinski definition) is 0. The molecule has 0 spiro atoms. The molecule has 0 fully saturated rings. The predicted molar refractivity (Wildman–Crippen MR) is 272 cm³/mol. The van der Waals surface area contributed by atoms with Gasteiger partial charge in [-0.2, -0.15) is 0 Å². The number of nitrogens with zero attached hydrogens (tertiary/aromatic N) is 4. The van der Waals surface area contributed by atoms with Crippen LogP contribution < -0.4 is 0 Å². The lowest BCUT2D eigenvalue weighted by Gasteiger charge is -2.22. The highest BCUT2D eigenvalue weighted by Gasteiger charge is 2.35.